The van der Waals surface area contributed by atoms with E-state index in [1.807, 2.05) is 6.92 Å². The number of rotatable bonds is 6. The van der Waals surface area contributed by atoms with Gasteiger partial charge in [0.25, 0.3) is 0 Å². The Labute approximate surface area is 116 Å². The fourth-order valence-electron chi connectivity index (χ4n) is 1.74. The van der Waals surface area contributed by atoms with Crippen molar-refractivity contribution in [3.63, 3.8) is 0 Å². The highest BCUT2D eigenvalue weighted by atomic mass is 32.2. The number of hydrogen-bond acceptors (Lipinski definition) is 3. The molecule has 1 rings (SSSR count). The molecule has 0 aliphatic carbocycles. The van der Waals surface area contributed by atoms with E-state index in [-0.39, 0.29) is 13.1 Å². The highest BCUT2D eigenvalue weighted by molar-refractivity contribution is 7.89. The Morgan fingerprint density at radius 2 is 1.95 bits per heavy atom. The summed E-state index contributed by atoms with van der Waals surface area (Å²) in [6.45, 7) is 3.79. The fraction of sp³-hybridized carbons (Fsp3) is 0.583. The normalized spacial score (nSPS) is 12.9. The van der Waals surface area contributed by atoms with Gasteiger partial charge < -0.3 is 0 Å². The summed E-state index contributed by atoms with van der Waals surface area (Å²) < 4.78 is 64.4. The van der Waals surface area contributed by atoms with Crippen molar-refractivity contribution in [1.29, 1.82) is 0 Å². The van der Waals surface area contributed by atoms with Gasteiger partial charge in [-0.3, -0.25) is 4.98 Å². The molecule has 8 heteroatoms. The van der Waals surface area contributed by atoms with Gasteiger partial charge >= 0.3 is 6.18 Å². The van der Waals surface area contributed by atoms with E-state index in [1.165, 1.54) is 0 Å². The van der Waals surface area contributed by atoms with E-state index >= 15 is 0 Å². The molecule has 0 saturated heterocycles. The van der Waals surface area contributed by atoms with Gasteiger partial charge in [-0.15, -0.1) is 0 Å². The van der Waals surface area contributed by atoms with Crippen LogP contribution in [0.4, 0.5) is 13.2 Å². The molecule has 114 valence electrons. The molecule has 0 saturated carbocycles. The predicted octanol–water partition coefficient (Wildman–Crippen LogP) is 2.91. The minimum atomic E-state index is -4.73. The lowest BCUT2D eigenvalue weighted by Crippen LogP contribution is -2.33. The van der Waals surface area contributed by atoms with Crippen molar-refractivity contribution in [3.8, 4) is 0 Å². The van der Waals surface area contributed by atoms with E-state index in [9.17, 15) is 21.6 Å². The molecule has 1 aromatic rings. The van der Waals surface area contributed by atoms with Crippen LogP contribution in [0.2, 0.25) is 0 Å². The zero-order valence-corrected chi connectivity index (χ0v) is 12.1. The van der Waals surface area contributed by atoms with E-state index in [4.69, 9.17) is 0 Å². The maximum atomic E-state index is 12.9. The van der Waals surface area contributed by atoms with Crippen LogP contribution >= 0.6 is 0 Å². The third-order valence-corrected chi connectivity index (χ3v) is 4.82. The predicted molar refractivity (Wildman–Crippen MR) is 68.6 cm³/mol. The van der Waals surface area contributed by atoms with Crippen LogP contribution in [0.5, 0.6) is 0 Å². The number of alkyl halides is 3. The van der Waals surface area contributed by atoms with Gasteiger partial charge in [0.2, 0.25) is 10.0 Å². The summed E-state index contributed by atoms with van der Waals surface area (Å²) in [7, 11) is -4.19. The van der Waals surface area contributed by atoms with Gasteiger partial charge in [0.1, 0.15) is 4.90 Å². The lowest BCUT2D eigenvalue weighted by molar-refractivity contribution is -0.140. The Balaban J connectivity index is 3.28. The van der Waals surface area contributed by atoms with Crippen molar-refractivity contribution in [2.24, 2.45) is 0 Å². The zero-order chi connectivity index (χ0) is 15.4. The molecule has 0 aliphatic rings. The van der Waals surface area contributed by atoms with E-state index < -0.39 is 26.7 Å². The Bertz CT molecular complexity index is 544. The van der Waals surface area contributed by atoms with E-state index in [1.54, 1.807) is 6.92 Å². The molecule has 0 spiro atoms. The SMILES string of the molecule is CCCCN(CC)S(=O)(=O)c1cnccc1C(F)(F)F. The summed E-state index contributed by atoms with van der Waals surface area (Å²) in [5.41, 5.74) is -1.18. The van der Waals surface area contributed by atoms with Crippen LogP contribution in [0, 0.1) is 0 Å². The molecule has 20 heavy (non-hydrogen) atoms. The molecule has 0 aliphatic heterocycles. The van der Waals surface area contributed by atoms with Crippen molar-refractivity contribution >= 4 is 10.0 Å². The summed E-state index contributed by atoms with van der Waals surface area (Å²) in [4.78, 5) is 2.73. The van der Waals surface area contributed by atoms with Crippen LogP contribution < -0.4 is 0 Å². The van der Waals surface area contributed by atoms with Crippen LogP contribution in [0.15, 0.2) is 23.4 Å². The second-order valence-corrected chi connectivity index (χ2v) is 6.13. The van der Waals surface area contributed by atoms with Gasteiger partial charge in [-0.2, -0.15) is 17.5 Å². The lowest BCUT2D eigenvalue weighted by Gasteiger charge is -2.22. The van der Waals surface area contributed by atoms with Crippen LogP contribution in [0.3, 0.4) is 0 Å². The number of halogens is 3. The van der Waals surface area contributed by atoms with Crippen LogP contribution in [-0.2, 0) is 16.2 Å². The third kappa shape index (κ3) is 3.69. The number of nitrogens with zero attached hydrogens (tertiary/aromatic N) is 2. The van der Waals surface area contributed by atoms with Crippen molar-refractivity contribution < 1.29 is 21.6 Å². The minimum Gasteiger partial charge on any atom is -0.263 e. The number of sulfonamides is 1. The Hall–Kier alpha value is -1.15. The number of unbranched alkanes of at least 4 members (excludes halogenated alkanes) is 1. The highest BCUT2D eigenvalue weighted by Crippen LogP contribution is 2.34. The summed E-state index contributed by atoms with van der Waals surface area (Å²) in [5.74, 6) is 0. The van der Waals surface area contributed by atoms with Crippen LogP contribution in [0.25, 0.3) is 0 Å². The first-order chi connectivity index (χ1) is 9.25. The summed E-state index contributed by atoms with van der Waals surface area (Å²) >= 11 is 0. The standard InChI is InChI=1S/C12H17F3N2O2S/c1-3-5-8-17(4-2)20(18,19)11-9-16-7-6-10(11)12(13,14)15/h6-7,9H,3-5,8H2,1-2H3. The van der Waals surface area contributed by atoms with Crippen molar-refractivity contribution in [1.82, 2.24) is 9.29 Å². The maximum absolute atomic E-state index is 12.9. The van der Waals surface area contributed by atoms with E-state index in [0.717, 1.165) is 23.1 Å². The molecule has 0 radical (unpaired) electrons. The molecule has 4 nitrogen and oxygen atoms in total. The largest absolute Gasteiger partial charge is 0.417 e. The molecular weight excluding hydrogens is 293 g/mol. The second-order valence-electron chi connectivity index (χ2n) is 4.22. The third-order valence-electron chi connectivity index (χ3n) is 2.82. The van der Waals surface area contributed by atoms with Gasteiger partial charge in [0, 0.05) is 25.5 Å². The Kier molecular flexibility index (Phi) is 5.52. The maximum Gasteiger partial charge on any atom is 0.417 e. The van der Waals surface area contributed by atoms with E-state index in [2.05, 4.69) is 4.98 Å². The molecule has 0 atom stereocenters. The molecule has 0 unspecified atom stereocenters. The fourth-order valence-corrected chi connectivity index (χ4v) is 3.38. The quantitative estimate of drug-likeness (QED) is 0.812. The summed E-state index contributed by atoms with van der Waals surface area (Å²) in [6, 6.07) is 0.681. The summed E-state index contributed by atoms with van der Waals surface area (Å²) in [5, 5.41) is 0. The van der Waals surface area contributed by atoms with Crippen molar-refractivity contribution in [3.05, 3.63) is 24.0 Å². The molecule has 1 aromatic heterocycles. The molecule has 1 heterocycles. The number of hydrogen-bond donors (Lipinski definition) is 0. The Morgan fingerprint density at radius 3 is 2.45 bits per heavy atom. The number of pyridine rings is 1. The number of aromatic nitrogens is 1. The highest BCUT2D eigenvalue weighted by Gasteiger charge is 2.38. The smallest absolute Gasteiger partial charge is 0.263 e. The molecular formula is C12H17F3N2O2S. The molecule has 0 bridgehead atoms. The average molecular weight is 310 g/mol. The van der Waals surface area contributed by atoms with Gasteiger partial charge in [0.15, 0.2) is 0 Å². The first kappa shape index (κ1) is 16.9. The second kappa shape index (κ2) is 6.53. The topological polar surface area (TPSA) is 50.3 Å². The van der Waals surface area contributed by atoms with Crippen LogP contribution in [0.1, 0.15) is 32.3 Å². The molecule has 0 N–H and O–H groups in total. The Morgan fingerprint density at radius 1 is 1.30 bits per heavy atom. The first-order valence-electron chi connectivity index (χ1n) is 6.26. The molecule has 0 aromatic carbocycles. The minimum absolute atomic E-state index is 0.120. The van der Waals surface area contributed by atoms with Gasteiger partial charge in [-0.05, 0) is 12.5 Å². The van der Waals surface area contributed by atoms with Gasteiger partial charge in [0.05, 0.1) is 5.56 Å². The summed E-state index contributed by atoms with van der Waals surface area (Å²) in [6.07, 6.45) is -1.69. The van der Waals surface area contributed by atoms with Crippen LogP contribution in [-0.4, -0.2) is 30.8 Å². The average Bonchev–Trinajstić information content (AvgIpc) is 2.38. The van der Waals surface area contributed by atoms with E-state index in [0.29, 0.717) is 12.5 Å². The lowest BCUT2D eigenvalue weighted by atomic mass is 10.3. The van der Waals surface area contributed by atoms with Crippen molar-refractivity contribution in [2.75, 3.05) is 13.1 Å². The molecule has 0 amide bonds. The first-order valence-corrected chi connectivity index (χ1v) is 7.70. The molecule has 0 fully saturated rings. The van der Waals surface area contributed by atoms with Gasteiger partial charge in [-0.25, -0.2) is 8.42 Å². The van der Waals surface area contributed by atoms with Crippen molar-refractivity contribution in [2.45, 2.75) is 37.8 Å². The zero-order valence-electron chi connectivity index (χ0n) is 11.3. The van der Waals surface area contributed by atoms with Gasteiger partial charge in [-0.1, -0.05) is 20.3 Å². The monoisotopic (exact) mass is 310 g/mol.